The summed E-state index contributed by atoms with van der Waals surface area (Å²) in [6.45, 7) is 4.41. The lowest BCUT2D eigenvalue weighted by Crippen LogP contribution is -2.40. The van der Waals surface area contributed by atoms with E-state index >= 15 is 0 Å². The van der Waals surface area contributed by atoms with E-state index in [9.17, 15) is 24.8 Å². The summed E-state index contributed by atoms with van der Waals surface area (Å²) in [7, 11) is -4.23. The molecule has 0 amide bonds. The topological polar surface area (TPSA) is 194 Å². The summed E-state index contributed by atoms with van der Waals surface area (Å²) in [6, 6.07) is 12.4. The van der Waals surface area contributed by atoms with Crippen molar-refractivity contribution in [3.8, 4) is 11.8 Å². The second-order valence-corrected chi connectivity index (χ2v) is 12.3. The summed E-state index contributed by atoms with van der Waals surface area (Å²) >= 11 is 0.929. The quantitative estimate of drug-likeness (QED) is 0.202. The number of hydrogen-bond acceptors (Lipinski definition) is 12. The Labute approximate surface area is 228 Å². The van der Waals surface area contributed by atoms with Crippen molar-refractivity contribution in [3.63, 3.8) is 0 Å². The van der Waals surface area contributed by atoms with E-state index < -0.39 is 54.7 Å². The Balaban J connectivity index is 1.58. The number of nitrogens with two attached hydrogens (primary N) is 1. The molecule has 1 aromatic carbocycles. The molecule has 208 valence electrons. The first-order valence-electron chi connectivity index (χ1n) is 12.0. The molecular formula is C24H29N6O7PS. The molecule has 2 aromatic heterocycles. The van der Waals surface area contributed by atoms with Gasteiger partial charge in [-0.1, -0.05) is 18.2 Å². The van der Waals surface area contributed by atoms with E-state index in [0.717, 1.165) is 11.8 Å². The lowest BCUT2D eigenvalue weighted by atomic mass is 9.94. The number of nitrogens with zero attached hydrogens (tertiary/aromatic N) is 4. The zero-order valence-electron chi connectivity index (χ0n) is 21.4. The molecule has 5 N–H and O–H groups in total. The average Bonchev–Trinajstić information content (AvgIpc) is 3.44. The van der Waals surface area contributed by atoms with Crippen LogP contribution < -0.4 is 15.3 Å². The Morgan fingerprint density at radius 3 is 2.67 bits per heavy atom. The van der Waals surface area contributed by atoms with E-state index in [2.05, 4.69) is 21.2 Å². The standard InChI is InChI=1S/C24H29N6O7PS/c1-14(2)36-23(33)15(3)29-38(34,37-16-7-5-4-6-8-16)35-11-18-20(31)21(32)24(12-25,39-18)19-10-9-17-22(26)27-13-28-30(17)19/h4-10,13-15,18,20-21,31-32H,11H2,1-3H3,(H,29,34)(H2,26,27,28)/t15-,18+,20+,21+,24-,38-/m0/s1. The first kappa shape index (κ1) is 28.8. The van der Waals surface area contributed by atoms with Crippen LogP contribution in [-0.4, -0.2) is 67.0 Å². The van der Waals surface area contributed by atoms with Crippen LogP contribution in [0.1, 0.15) is 26.5 Å². The number of nitrogens with one attached hydrogen (secondary N) is 1. The Hall–Kier alpha value is -3.18. The summed E-state index contributed by atoms with van der Waals surface area (Å²) in [5, 5.41) is 37.9. The van der Waals surface area contributed by atoms with E-state index in [0.29, 0.717) is 5.52 Å². The fourth-order valence-corrected chi connectivity index (χ4v) is 7.18. The van der Waals surface area contributed by atoms with Crippen LogP contribution in [0, 0.1) is 11.3 Å². The zero-order chi connectivity index (χ0) is 28.4. The maximum absolute atomic E-state index is 13.8. The molecule has 0 radical (unpaired) electrons. The highest BCUT2D eigenvalue weighted by atomic mass is 32.2. The third-order valence-corrected chi connectivity index (χ3v) is 9.20. The SMILES string of the molecule is CC(C)OC(=O)[C@H](C)N[P@](=O)(OC[C@H]1S[C@@](C#N)(c2ccc3c(N)ncnn23)[C@H](O)[C@@H]1O)Oc1ccccc1. The van der Waals surface area contributed by atoms with Crippen molar-refractivity contribution in [2.24, 2.45) is 0 Å². The molecule has 13 nitrogen and oxygen atoms in total. The molecule has 3 heterocycles. The molecule has 39 heavy (non-hydrogen) atoms. The van der Waals surface area contributed by atoms with Gasteiger partial charge in [-0.2, -0.15) is 15.4 Å². The molecule has 0 aliphatic carbocycles. The fourth-order valence-electron chi connectivity index (χ4n) is 4.06. The lowest BCUT2D eigenvalue weighted by Gasteiger charge is -2.25. The van der Waals surface area contributed by atoms with Gasteiger partial charge in [0.1, 0.15) is 29.7 Å². The van der Waals surface area contributed by atoms with Crippen LogP contribution in [0.3, 0.4) is 0 Å². The Morgan fingerprint density at radius 2 is 2.00 bits per heavy atom. The first-order valence-corrected chi connectivity index (χ1v) is 14.4. The van der Waals surface area contributed by atoms with Crippen molar-refractivity contribution in [2.75, 3.05) is 12.3 Å². The number of carbonyl (C=O) groups is 1. The number of carbonyl (C=O) groups excluding carboxylic acids is 1. The third kappa shape index (κ3) is 5.89. The molecule has 0 saturated carbocycles. The second-order valence-electron chi connectivity index (χ2n) is 9.13. The maximum atomic E-state index is 13.8. The number of esters is 1. The highest BCUT2D eigenvalue weighted by Crippen LogP contribution is 2.53. The van der Waals surface area contributed by atoms with Crippen LogP contribution in [0.15, 0.2) is 48.8 Å². The van der Waals surface area contributed by atoms with E-state index in [-0.39, 0.29) is 17.3 Å². The minimum atomic E-state index is -4.23. The molecule has 4 rings (SSSR count). The number of anilines is 1. The lowest BCUT2D eigenvalue weighted by molar-refractivity contribution is -0.149. The minimum absolute atomic E-state index is 0.178. The van der Waals surface area contributed by atoms with Gasteiger partial charge in [-0.3, -0.25) is 9.32 Å². The van der Waals surface area contributed by atoms with Crippen molar-refractivity contribution in [1.29, 1.82) is 5.26 Å². The molecule has 0 spiro atoms. The van der Waals surface area contributed by atoms with Gasteiger partial charge in [0, 0.05) is 0 Å². The van der Waals surface area contributed by atoms with E-state index in [4.69, 9.17) is 19.5 Å². The van der Waals surface area contributed by atoms with Crippen molar-refractivity contribution in [2.45, 2.75) is 55.1 Å². The van der Waals surface area contributed by atoms with Crippen molar-refractivity contribution in [3.05, 3.63) is 54.5 Å². The third-order valence-electron chi connectivity index (χ3n) is 5.92. The molecule has 1 aliphatic rings. The number of aliphatic hydroxyl groups is 2. The monoisotopic (exact) mass is 576 g/mol. The van der Waals surface area contributed by atoms with Gasteiger partial charge in [0.25, 0.3) is 0 Å². The summed E-state index contributed by atoms with van der Waals surface area (Å²) in [6.07, 6.45) is -2.19. The molecule has 1 aliphatic heterocycles. The van der Waals surface area contributed by atoms with Gasteiger partial charge in [0.05, 0.1) is 35.8 Å². The average molecular weight is 577 g/mol. The van der Waals surface area contributed by atoms with Crippen LogP contribution in [0.5, 0.6) is 5.75 Å². The molecule has 15 heteroatoms. The number of aliphatic hydroxyl groups excluding tert-OH is 2. The van der Waals surface area contributed by atoms with Gasteiger partial charge >= 0.3 is 13.7 Å². The summed E-state index contributed by atoms with van der Waals surface area (Å²) in [5.41, 5.74) is 6.61. The number of thioether (sulfide) groups is 1. The predicted octanol–water partition coefficient (Wildman–Crippen LogP) is 2.00. The normalized spacial score (nSPS) is 25.2. The summed E-state index contributed by atoms with van der Waals surface area (Å²) < 4.78 is 30.0. The second kappa shape index (κ2) is 11.5. The van der Waals surface area contributed by atoms with E-state index in [1.165, 1.54) is 17.8 Å². The highest BCUT2D eigenvalue weighted by Gasteiger charge is 2.57. The Bertz CT molecular complexity index is 1420. The fraction of sp³-hybridized carbons (Fsp3) is 0.417. The molecule has 0 unspecified atom stereocenters. The largest absolute Gasteiger partial charge is 0.462 e. The molecule has 6 atom stereocenters. The Morgan fingerprint density at radius 1 is 1.28 bits per heavy atom. The number of rotatable bonds is 10. The highest BCUT2D eigenvalue weighted by molar-refractivity contribution is 8.01. The number of ether oxygens (including phenoxy) is 1. The maximum Gasteiger partial charge on any atom is 0.459 e. The van der Waals surface area contributed by atoms with Crippen LogP contribution in [0.2, 0.25) is 0 Å². The Kier molecular flexibility index (Phi) is 8.51. The zero-order valence-corrected chi connectivity index (χ0v) is 23.1. The molecule has 1 fully saturated rings. The number of nitrogen functional groups attached to an aromatic ring is 1. The number of nitriles is 1. The molecular weight excluding hydrogens is 547 g/mol. The van der Waals surface area contributed by atoms with Gasteiger partial charge in [-0.25, -0.2) is 14.1 Å². The van der Waals surface area contributed by atoms with Crippen molar-refractivity contribution < 1.29 is 33.4 Å². The number of fused-ring (bicyclic) bond motifs is 1. The van der Waals surface area contributed by atoms with E-state index in [1.54, 1.807) is 56.3 Å². The van der Waals surface area contributed by atoms with Crippen LogP contribution in [-0.2, 0) is 23.4 Å². The van der Waals surface area contributed by atoms with Crippen LogP contribution >= 0.6 is 19.5 Å². The molecule has 0 bridgehead atoms. The summed E-state index contributed by atoms with van der Waals surface area (Å²) in [4.78, 5) is 16.3. The van der Waals surface area contributed by atoms with Crippen molar-refractivity contribution in [1.82, 2.24) is 19.7 Å². The minimum Gasteiger partial charge on any atom is -0.462 e. The van der Waals surface area contributed by atoms with Crippen LogP contribution in [0.4, 0.5) is 5.82 Å². The van der Waals surface area contributed by atoms with Gasteiger partial charge in [-0.15, -0.1) is 11.8 Å². The van der Waals surface area contributed by atoms with Gasteiger partial charge < -0.3 is 25.2 Å². The number of hydrogen-bond donors (Lipinski definition) is 4. The van der Waals surface area contributed by atoms with Gasteiger partial charge in [0.2, 0.25) is 0 Å². The number of aromatic nitrogens is 3. The molecule has 3 aromatic rings. The van der Waals surface area contributed by atoms with Gasteiger partial charge in [0.15, 0.2) is 10.6 Å². The predicted molar refractivity (Wildman–Crippen MR) is 143 cm³/mol. The first-order chi connectivity index (χ1) is 18.5. The number of benzene rings is 1. The summed E-state index contributed by atoms with van der Waals surface area (Å²) in [5.74, 6) is -0.279. The smallest absolute Gasteiger partial charge is 0.459 e. The molecule has 1 saturated heterocycles. The van der Waals surface area contributed by atoms with Crippen molar-refractivity contribution >= 4 is 36.8 Å². The van der Waals surface area contributed by atoms with Crippen LogP contribution in [0.25, 0.3) is 5.52 Å². The van der Waals surface area contributed by atoms with E-state index in [1.807, 2.05) is 0 Å². The van der Waals surface area contributed by atoms with Gasteiger partial charge in [-0.05, 0) is 45.0 Å². The number of para-hydroxylation sites is 1.